The lowest BCUT2D eigenvalue weighted by atomic mass is 10.2. The first-order chi connectivity index (χ1) is 10.4. The van der Waals surface area contributed by atoms with Gasteiger partial charge in [0, 0.05) is 30.7 Å². The number of hydrogen-bond donors (Lipinski definition) is 2. The Morgan fingerprint density at radius 1 is 1.30 bits per heavy atom. The van der Waals surface area contributed by atoms with Crippen LogP contribution in [0.2, 0.25) is 5.02 Å². The molecule has 9 heteroatoms. The summed E-state index contributed by atoms with van der Waals surface area (Å²) in [5, 5.41) is 6.11. The van der Waals surface area contributed by atoms with Gasteiger partial charge in [-0.15, -0.1) is 24.0 Å². The molecule has 0 amide bonds. The third-order valence-corrected chi connectivity index (χ3v) is 2.93. The van der Waals surface area contributed by atoms with Gasteiger partial charge in [-0.2, -0.15) is 13.2 Å². The molecule has 1 aromatic rings. The smallest absolute Gasteiger partial charge is 0.390 e. The molecule has 0 saturated carbocycles. The summed E-state index contributed by atoms with van der Waals surface area (Å²) in [7, 11) is 1.49. The molecule has 0 radical (unpaired) electrons. The van der Waals surface area contributed by atoms with Crippen LogP contribution in [0.25, 0.3) is 0 Å². The second-order valence-corrected chi connectivity index (χ2v) is 4.84. The van der Waals surface area contributed by atoms with Gasteiger partial charge < -0.3 is 15.4 Å². The van der Waals surface area contributed by atoms with Crippen LogP contribution in [0.5, 0.6) is 5.75 Å². The number of nitrogens with zero attached hydrogens (tertiary/aromatic N) is 1. The van der Waals surface area contributed by atoms with E-state index in [9.17, 15) is 13.2 Å². The van der Waals surface area contributed by atoms with Crippen LogP contribution in [0.1, 0.15) is 18.9 Å². The quantitative estimate of drug-likeness (QED) is 0.380. The number of hydrogen-bond acceptors (Lipinski definition) is 2. The number of guanidine groups is 1. The summed E-state index contributed by atoms with van der Waals surface area (Å²) in [5.74, 6) is 0.926. The fourth-order valence-corrected chi connectivity index (χ4v) is 1.85. The monoisotopic (exact) mass is 465 g/mol. The molecule has 2 N–H and O–H groups in total. The lowest BCUT2D eigenvalue weighted by Crippen LogP contribution is -2.38. The first-order valence-electron chi connectivity index (χ1n) is 6.78. The normalized spacial score (nSPS) is 11.7. The van der Waals surface area contributed by atoms with E-state index in [1.54, 1.807) is 18.2 Å². The molecule has 0 spiro atoms. The van der Waals surface area contributed by atoms with Crippen LogP contribution >= 0.6 is 35.6 Å². The van der Waals surface area contributed by atoms with Crippen LogP contribution in [0, 0.1) is 0 Å². The van der Waals surface area contributed by atoms with Crippen LogP contribution in [0.3, 0.4) is 0 Å². The van der Waals surface area contributed by atoms with Crippen LogP contribution < -0.4 is 15.4 Å². The van der Waals surface area contributed by atoms with E-state index in [4.69, 9.17) is 16.3 Å². The highest BCUT2D eigenvalue weighted by molar-refractivity contribution is 14.0. The molecule has 132 valence electrons. The number of aliphatic imine (C=N–C) groups is 1. The molecule has 0 unspecified atom stereocenters. The summed E-state index contributed by atoms with van der Waals surface area (Å²) in [6.07, 6.45) is -5.11. The summed E-state index contributed by atoms with van der Waals surface area (Å²) >= 11 is 5.91. The van der Waals surface area contributed by atoms with Crippen molar-refractivity contribution in [3.8, 4) is 5.75 Å². The molecule has 0 fully saturated rings. The summed E-state index contributed by atoms with van der Waals surface area (Å²) in [5.41, 5.74) is 0.838. The van der Waals surface area contributed by atoms with Crippen molar-refractivity contribution in [2.45, 2.75) is 26.1 Å². The first-order valence-corrected chi connectivity index (χ1v) is 7.16. The van der Waals surface area contributed by atoms with E-state index in [2.05, 4.69) is 15.6 Å². The number of nitrogens with one attached hydrogen (secondary N) is 2. The minimum Gasteiger partial charge on any atom is -0.493 e. The van der Waals surface area contributed by atoms with Crippen molar-refractivity contribution < 1.29 is 17.9 Å². The van der Waals surface area contributed by atoms with Gasteiger partial charge in [-0.25, -0.2) is 0 Å². The maximum Gasteiger partial charge on any atom is 0.390 e. The van der Waals surface area contributed by atoms with Crippen molar-refractivity contribution in [1.29, 1.82) is 0 Å². The van der Waals surface area contributed by atoms with E-state index in [0.29, 0.717) is 29.9 Å². The second-order valence-electron chi connectivity index (χ2n) is 4.40. The molecule has 0 aliphatic carbocycles. The van der Waals surface area contributed by atoms with Gasteiger partial charge in [0.25, 0.3) is 0 Å². The summed E-state index contributed by atoms with van der Waals surface area (Å²) in [4.78, 5) is 3.88. The Labute approximate surface area is 155 Å². The summed E-state index contributed by atoms with van der Waals surface area (Å²) < 4.78 is 41.8. The molecule has 0 atom stereocenters. The molecule has 23 heavy (non-hydrogen) atoms. The number of ether oxygens (including phenoxy) is 1. The number of benzene rings is 1. The van der Waals surface area contributed by atoms with E-state index in [-0.39, 0.29) is 30.5 Å². The fourth-order valence-electron chi connectivity index (χ4n) is 1.69. The van der Waals surface area contributed by atoms with E-state index >= 15 is 0 Å². The standard InChI is InChI=1S/C14H19ClF3N3O.HI/c1-3-22-12-8-11(15)5-4-10(12)9-21-13(19-2)20-7-6-14(16,17)18;/h4-5,8H,3,6-7,9H2,1-2H3,(H2,19,20,21);1H. The topological polar surface area (TPSA) is 45.6 Å². The predicted molar refractivity (Wildman–Crippen MR) is 96.9 cm³/mol. The van der Waals surface area contributed by atoms with Crippen molar-refractivity contribution >= 4 is 41.5 Å². The van der Waals surface area contributed by atoms with E-state index in [0.717, 1.165) is 5.56 Å². The maximum atomic E-state index is 12.1. The van der Waals surface area contributed by atoms with E-state index < -0.39 is 12.6 Å². The van der Waals surface area contributed by atoms with Gasteiger partial charge in [0.2, 0.25) is 0 Å². The van der Waals surface area contributed by atoms with Crippen molar-refractivity contribution in [2.24, 2.45) is 4.99 Å². The average molecular weight is 466 g/mol. The third kappa shape index (κ3) is 9.09. The molecule has 1 aromatic carbocycles. The number of alkyl halides is 3. The Balaban J connectivity index is 0.00000484. The molecule has 4 nitrogen and oxygen atoms in total. The van der Waals surface area contributed by atoms with Crippen LogP contribution in [-0.2, 0) is 6.54 Å². The molecule has 0 aliphatic rings. The van der Waals surface area contributed by atoms with E-state index in [1.807, 2.05) is 6.92 Å². The van der Waals surface area contributed by atoms with Crippen molar-refractivity contribution in [3.63, 3.8) is 0 Å². The molecule has 0 bridgehead atoms. The minimum atomic E-state index is -4.19. The highest BCUT2D eigenvalue weighted by atomic mass is 127. The molecular formula is C14H20ClF3IN3O. The molecule has 0 heterocycles. The predicted octanol–water partition coefficient (Wildman–Crippen LogP) is 3.97. The van der Waals surface area contributed by atoms with Crippen molar-refractivity contribution in [1.82, 2.24) is 10.6 Å². The number of halogens is 5. The highest BCUT2D eigenvalue weighted by Gasteiger charge is 2.26. The molecule has 0 aromatic heterocycles. The molecular weight excluding hydrogens is 446 g/mol. The highest BCUT2D eigenvalue weighted by Crippen LogP contribution is 2.23. The third-order valence-electron chi connectivity index (χ3n) is 2.70. The second kappa shape index (κ2) is 10.8. The molecule has 1 rings (SSSR count). The van der Waals surface area contributed by atoms with Gasteiger partial charge >= 0.3 is 6.18 Å². The number of rotatable bonds is 6. The molecule has 0 saturated heterocycles. The van der Waals surface area contributed by atoms with Crippen molar-refractivity contribution in [3.05, 3.63) is 28.8 Å². The zero-order valence-electron chi connectivity index (χ0n) is 12.8. The summed E-state index contributed by atoms with van der Waals surface area (Å²) in [6, 6.07) is 5.21. The molecule has 0 aliphatic heterocycles. The van der Waals surface area contributed by atoms with Gasteiger partial charge in [0.05, 0.1) is 13.0 Å². The Kier molecular flexibility index (Phi) is 10.4. The Bertz CT molecular complexity index is 513. The SMILES string of the molecule is CCOc1cc(Cl)ccc1CNC(=NC)NCCC(F)(F)F.I. The first kappa shape index (κ1) is 22.1. The zero-order valence-corrected chi connectivity index (χ0v) is 15.9. The Morgan fingerprint density at radius 2 is 2.00 bits per heavy atom. The lowest BCUT2D eigenvalue weighted by molar-refractivity contribution is -0.132. The average Bonchev–Trinajstić information content (AvgIpc) is 2.43. The fraction of sp³-hybridized carbons (Fsp3) is 0.500. The lowest BCUT2D eigenvalue weighted by Gasteiger charge is -2.15. The van der Waals surface area contributed by atoms with Gasteiger partial charge in [-0.05, 0) is 19.1 Å². The van der Waals surface area contributed by atoms with Crippen LogP contribution in [0.15, 0.2) is 23.2 Å². The van der Waals surface area contributed by atoms with Gasteiger partial charge in [0.1, 0.15) is 5.75 Å². The van der Waals surface area contributed by atoms with E-state index in [1.165, 1.54) is 7.05 Å². The Hall–Kier alpha value is -0.900. The van der Waals surface area contributed by atoms with Gasteiger partial charge in [-0.3, -0.25) is 4.99 Å². The van der Waals surface area contributed by atoms with Gasteiger partial charge in [0.15, 0.2) is 5.96 Å². The zero-order chi connectivity index (χ0) is 16.6. The summed E-state index contributed by atoms with van der Waals surface area (Å²) in [6.45, 7) is 2.47. The van der Waals surface area contributed by atoms with Crippen molar-refractivity contribution in [2.75, 3.05) is 20.2 Å². The van der Waals surface area contributed by atoms with Gasteiger partial charge in [-0.1, -0.05) is 17.7 Å². The Morgan fingerprint density at radius 3 is 2.57 bits per heavy atom. The maximum absolute atomic E-state index is 12.1. The van der Waals surface area contributed by atoms with Crippen LogP contribution in [-0.4, -0.2) is 32.3 Å². The minimum absolute atomic E-state index is 0. The van der Waals surface area contributed by atoms with Crippen LogP contribution in [0.4, 0.5) is 13.2 Å². The largest absolute Gasteiger partial charge is 0.493 e.